The quantitative estimate of drug-likeness (QED) is 0.590. The molecule has 1 aromatic heterocycles. The summed E-state index contributed by atoms with van der Waals surface area (Å²) in [5.41, 5.74) is 2.64. The SMILES string of the molecule is O=C(Nc1ccc(OC2COC2)cc1-c1ccc(Cl)cc1)c1cccnc1Cl. The molecule has 0 aliphatic carbocycles. The van der Waals surface area contributed by atoms with E-state index in [1.54, 1.807) is 30.3 Å². The Morgan fingerprint density at radius 1 is 1.11 bits per heavy atom. The number of halogens is 2. The molecule has 1 N–H and O–H groups in total. The first-order chi connectivity index (χ1) is 13.6. The van der Waals surface area contributed by atoms with Crippen LogP contribution < -0.4 is 10.1 Å². The summed E-state index contributed by atoms with van der Waals surface area (Å²) in [6, 6.07) is 16.2. The Kier molecular flexibility index (Phi) is 5.48. The first kappa shape index (κ1) is 18.7. The Balaban J connectivity index is 1.67. The van der Waals surface area contributed by atoms with Crippen molar-refractivity contribution in [2.45, 2.75) is 6.10 Å². The van der Waals surface area contributed by atoms with E-state index in [1.807, 2.05) is 24.3 Å². The second-order valence-corrected chi connectivity index (χ2v) is 7.08. The molecule has 28 heavy (non-hydrogen) atoms. The topological polar surface area (TPSA) is 60.5 Å². The Hall–Kier alpha value is -2.60. The summed E-state index contributed by atoms with van der Waals surface area (Å²) < 4.78 is 11.1. The molecule has 1 aliphatic rings. The fourth-order valence-electron chi connectivity index (χ4n) is 2.79. The van der Waals surface area contributed by atoms with Crippen molar-refractivity contribution in [2.75, 3.05) is 18.5 Å². The van der Waals surface area contributed by atoms with Gasteiger partial charge in [-0.15, -0.1) is 0 Å². The minimum Gasteiger partial charge on any atom is -0.486 e. The highest BCUT2D eigenvalue weighted by Crippen LogP contribution is 2.34. The summed E-state index contributed by atoms with van der Waals surface area (Å²) >= 11 is 12.1. The molecule has 3 aromatic rings. The van der Waals surface area contributed by atoms with Gasteiger partial charge >= 0.3 is 0 Å². The molecular weight excluding hydrogens is 399 g/mol. The van der Waals surface area contributed by atoms with E-state index in [4.69, 9.17) is 32.7 Å². The number of amides is 1. The van der Waals surface area contributed by atoms with E-state index in [-0.39, 0.29) is 17.2 Å². The average Bonchev–Trinajstić information content (AvgIpc) is 2.66. The number of anilines is 1. The van der Waals surface area contributed by atoms with Crippen molar-refractivity contribution in [1.29, 1.82) is 0 Å². The van der Waals surface area contributed by atoms with Crippen LogP contribution in [0.1, 0.15) is 10.4 Å². The van der Waals surface area contributed by atoms with Gasteiger partial charge in [-0.05, 0) is 48.0 Å². The maximum absolute atomic E-state index is 12.7. The normalized spacial score (nSPS) is 13.6. The van der Waals surface area contributed by atoms with Gasteiger partial charge in [-0.1, -0.05) is 35.3 Å². The van der Waals surface area contributed by atoms with Crippen molar-refractivity contribution >= 4 is 34.8 Å². The monoisotopic (exact) mass is 414 g/mol. The van der Waals surface area contributed by atoms with E-state index < -0.39 is 0 Å². The first-order valence-electron chi connectivity index (χ1n) is 8.66. The highest BCUT2D eigenvalue weighted by Gasteiger charge is 2.21. The number of carbonyl (C=O) groups is 1. The van der Waals surface area contributed by atoms with Crippen LogP contribution in [-0.2, 0) is 4.74 Å². The van der Waals surface area contributed by atoms with E-state index in [0.717, 1.165) is 11.1 Å². The zero-order valence-corrected chi connectivity index (χ0v) is 16.2. The van der Waals surface area contributed by atoms with Gasteiger partial charge in [-0.2, -0.15) is 0 Å². The Labute approximate surface area is 172 Å². The zero-order chi connectivity index (χ0) is 19.5. The number of benzene rings is 2. The lowest BCUT2D eigenvalue weighted by Gasteiger charge is -2.27. The van der Waals surface area contributed by atoms with Gasteiger partial charge in [0.05, 0.1) is 18.8 Å². The molecule has 0 radical (unpaired) electrons. The third-order valence-electron chi connectivity index (χ3n) is 4.31. The predicted octanol–water partition coefficient (Wildman–Crippen LogP) is 5.09. The van der Waals surface area contributed by atoms with Crippen LogP contribution in [0, 0.1) is 0 Å². The van der Waals surface area contributed by atoms with E-state index in [9.17, 15) is 4.79 Å². The molecule has 2 heterocycles. The Morgan fingerprint density at radius 2 is 1.89 bits per heavy atom. The second-order valence-electron chi connectivity index (χ2n) is 6.29. The van der Waals surface area contributed by atoms with Gasteiger partial charge in [0, 0.05) is 22.5 Å². The molecule has 0 unspecified atom stereocenters. The summed E-state index contributed by atoms with van der Waals surface area (Å²) in [7, 11) is 0. The van der Waals surface area contributed by atoms with Crippen LogP contribution in [0.25, 0.3) is 11.1 Å². The number of rotatable bonds is 5. The summed E-state index contributed by atoms with van der Waals surface area (Å²) in [5.74, 6) is 0.366. The number of pyridine rings is 1. The molecule has 0 spiro atoms. The summed E-state index contributed by atoms with van der Waals surface area (Å²) in [4.78, 5) is 16.6. The van der Waals surface area contributed by atoms with Crippen molar-refractivity contribution in [3.05, 3.63) is 76.5 Å². The molecule has 1 fully saturated rings. The maximum Gasteiger partial charge on any atom is 0.258 e. The van der Waals surface area contributed by atoms with Crippen molar-refractivity contribution in [3.63, 3.8) is 0 Å². The Morgan fingerprint density at radius 3 is 2.57 bits per heavy atom. The van der Waals surface area contributed by atoms with E-state index in [0.29, 0.717) is 35.2 Å². The lowest BCUT2D eigenvalue weighted by Crippen LogP contribution is -2.38. The minimum absolute atomic E-state index is 0.0488. The third kappa shape index (κ3) is 4.12. The summed E-state index contributed by atoms with van der Waals surface area (Å²) in [5, 5.41) is 3.70. The second kappa shape index (κ2) is 8.19. The number of carbonyl (C=O) groups excluding carboxylic acids is 1. The molecule has 142 valence electrons. The highest BCUT2D eigenvalue weighted by atomic mass is 35.5. The molecule has 7 heteroatoms. The highest BCUT2D eigenvalue weighted by molar-refractivity contribution is 6.33. The van der Waals surface area contributed by atoms with Crippen LogP contribution in [0.3, 0.4) is 0 Å². The molecule has 1 saturated heterocycles. The minimum atomic E-state index is -0.339. The van der Waals surface area contributed by atoms with Crippen molar-refractivity contribution in [2.24, 2.45) is 0 Å². The predicted molar refractivity (Wildman–Crippen MR) is 109 cm³/mol. The van der Waals surface area contributed by atoms with Crippen LogP contribution >= 0.6 is 23.2 Å². The number of nitrogens with zero attached hydrogens (tertiary/aromatic N) is 1. The lowest BCUT2D eigenvalue weighted by atomic mass is 10.0. The van der Waals surface area contributed by atoms with Gasteiger partial charge < -0.3 is 14.8 Å². The fourth-order valence-corrected chi connectivity index (χ4v) is 3.12. The van der Waals surface area contributed by atoms with Gasteiger partial charge in [-0.3, -0.25) is 4.79 Å². The van der Waals surface area contributed by atoms with Gasteiger partial charge in [0.15, 0.2) is 0 Å². The first-order valence-corrected chi connectivity index (χ1v) is 9.42. The number of hydrogen-bond donors (Lipinski definition) is 1. The number of aromatic nitrogens is 1. The van der Waals surface area contributed by atoms with Crippen LogP contribution in [0.2, 0.25) is 10.2 Å². The summed E-state index contributed by atoms with van der Waals surface area (Å²) in [6.45, 7) is 1.16. The fraction of sp³-hybridized carbons (Fsp3) is 0.143. The molecular formula is C21H16Cl2N2O3. The molecule has 4 rings (SSSR count). The Bertz CT molecular complexity index is 1000. The smallest absolute Gasteiger partial charge is 0.258 e. The van der Waals surface area contributed by atoms with E-state index in [2.05, 4.69) is 10.3 Å². The van der Waals surface area contributed by atoms with Crippen molar-refractivity contribution in [3.8, 4) is 16.9 Å². The van der Waals surface area contributed by atoms with Crippen molar-refractivity contribution < 1.29 is 14.3 Å². The van der Waals surface area contributed by atoms with Gasteiger partial charge in [0.25, 0.3) is 5.91 Å². The molecule has 0 atom stereocenters. The largest absolute Gasteiger partial charge is 0.486 e. The average molecular weight is 415 g/mol. The number of ether oxygens (including phenoxy) is 2. The molecule has 0 saturated carbocycles. The zero-order valence-electron chi connectivity index (χ0n) is 14.7. The third-order valence-corrected chi connectivity index (χ3v) is 4.86. The van der Waals surface area contributed by atoms with E-state index >= 15 is 0 Å². The lowest BCUT2D eigenvalue weighted by molar-refractivity contribution is -0.0796. The van der Waals surface area contributed by atoms with E-state index in [1.165, 1.54) is 6.20 Å². The van der Waals surface area contributed by atoms with Crippen LogP contribution in [0.5, 0.6) is 5.75 Å². The standard InChI is InChI=1S/C21H16Cl2N2O3/c22-14-5-3-13(4-6-14)18-10-15(28-16-11-27-12-16)7-8-19(18)25-21(26)17-2-1-9-24-20(17)23/h1-10,16H,11-12H2,(H,25,26). The van der Waals surface area contributed by atoms with Gasteiger partial charge in [-0.25, -0.2) is 4.98 Å². The van der Waals surface area contributed by atoms with Gasteiger partial charge in [0.2, 0.25) is 0 Å². The number of hydrogen-bond acceptors (Lipinski definition) is 4. The van der Waals surface area contributed by atoms with Crippen LogP contribution in [0.15, 0.2) is 60.8 Å². The van der Waals surface area contributed by atoms with Crippen molar-refractivity contribution in [1.82, 2.24) is 4.98 Å². The van der Waals surface area contributed by atoms with Crippen LogP contribution in [-0.4, -0.2) is 30.2 Å². The molecule has 2 aromatic carbocycles. The van der Waals surface area contributed by atoms with Crippen LogP contribution in [0.4, 0.5) is 5.69 Å². The molecule has 5 nitrogen and oxygen atoms in total. The maximum atomic E-state index is 12.7. The number of nitrogens with one attached hydrogen (secondary N) is 1. The summed E-state index contributed by atoms with van der Waals surface area (Å²) in [6.07, 6.45) is 1.59. The van der Waals surface area contributed by atoms with Gasteiger partial charge in [0.1, 0.15) is 17.0 Å². The molecule has 0 bridgehead atoms. The molecule has 1 aliphatic heterocycles. The molecule has 1 amide bonds.